The first-order valence-electron chi connectivity index (χ1n) is 5.91. The molecule has 0 atom stereocenters. The molecule has 1 aromatic heterocycles. The van der Waals surface area contributed by atoms with Gasteiger partial charge < -0.3 is 10.1 Å². The fourth-order valence-electron chi connectivity index (χ4n) is 1.77. The highest BCUT2D eigenvalue weighted by Gasteiger charge is 2.04. The summed E-state index contributed by atoms with van der Waals surface area (Å²) >= 11 is 1.65. The van der Waals surface area contributed by atoms with Gasteiger partial charge in [-0.25, -0.2) is 4.98 Å². The largest absolute Gasteiger partial charge is 0.495 e. The van der Waals surface area contributed by atoms with Gasteiger partial charge in [0.25, 0.3) is 0 Å². The Morgan fingerprint density at radius 1 is 1.42 bits per heavy atom. The number of rotatable bonds is 5. The van der Waals surface area contributed by atoms with Gasteiger partial charge in [0.05, 0.1) is 23.9 Å². The Balaban J connectivity index is 1.97. The Morgan fingerprint density at radius 2 is 2.26 bits per heavy atom. The third-order valence-corrected chi connectivity index (χ3v) is 3.78. The molecule has 0 radical (unpaired) electrons. The number of ether oxygens (including phenoxy) is 1. The summed E-state index contributed by atoms with van der Waals surface area (Å²) in [6.45, 7) is 3.52. The molecule has 0 fully saturated rings. The van der Waals surface area contributed by atoms with E-state index in [-0.39, 0.29) is 0 Å². The molecule has 0 aliphatic carbocycles. The Labute approximate surface area is 116 Å². The van der Waals surface area contributed by atoms with Gasteiger partial charge in [-0.2, -0.15) is 5.26 Å². The quantitative estimate of drug-likeness (QED) is 0.909. The van der Waals surface area contributed by atoms with Crippen molar-refractivity contribution in [1.82, 2.24) is 10.3 Å². The number of hydrogen-bond acceptors (Lipinski definition) is 5. The molecule has 0 aliphatic heterocycles. The van der Waals surface area contributed by atoms with Crippen molar-refractivity contribution in [3.63, 3.8) is 0 Å². The summed E-state index contributed by atoms with van der Waals surface area (Å²) in [6, 6.07) is 7.78. The number of aryl methyl sites for hydroxylation is 1. The van der Waals surface area contributed by atoms with E-state index in [0.717, 1.165) is 24.3 Å². The van der Waals surface area contributed by atoms with Crippen LogP contribution in [0.3, 0.4) is 0 Å². The molecular formula is C14H15N3OS. The van der Waals surface area contributed by atoms with Crippen LogP contribution in [0.1, 0.15) is 21.7 Å². The maximum atomic E-state index is 9.03. The number of hydrogen-bond donors (Lipinski definition) is 1. The first-order valence-corrected chi connectivity index (χ1v) is 6.79. The molecule has 1 N–H and O–H groups in total. The van der Waals surface area contributed by atoms with Gasteiger partial charge in [0.2, 0.25) is 0 Å². The van der Waals surface area contributed by atoms with Crippen molar-refractivity contribution in [1.29, 1.82) is 5.26 Å². The average molecular weight is 273 g/mol. The van der Waals surface area contributed by atoms with Crippen molar-refractivity contribution in [2.75, 3.05) is 7.11 Å². The van der Waals surface area contributed by atoms with E-state index in [1.165, 1.54) is 4.88 Å². The van der Waals surface area contributed by atoms with Crippen LogP contribution in [0, 0.1) is 18.3 Å². The number of thiazole rings is 1. The Kier molecular flexibility index (Phi) is 4.50. The molecule has 0 aliphatic rings. The molecule has 1 aromatic carbocycles. The maximum absolute atomic E-state index is 9.03. The molecule has 0 bridgehead atoms. The molecule has 0 amide bonds. The van der Waals surface area contributed by atoms with E-state index in [1.807, 2.05) is 30.6 Å². The lowest BCUT2D eigenvalue weighted by Gasteiger charge is -2.07. The van der Waals surface area contributed by atoms with Gasteiger partial charge in [0, 0.05) is 18.0 Å². The summed E-state index contributed by atoms with van der Waals surface area (Å²) in [6.07, 6.45) is 0. The highest BCUT2D eigenvalue weighted by molar-refractivity contribution is 7.09. The molecule has 1 heterocycles. The molecule has 2 rings (SSSR count). The SMILES string of the molecule is COc1ccc(CNCc2scnc2C)cc1C#N. The van der Waals surface area contributed by atoms with Crippen molar-refractivity contribution in [3.8, 4) is 11.8 Å². The van der Waals surface area contributed by atoms with Crippen LogP contribution in [0.15, 0.2) is 23.7 Å². The first-order chi connectivity index (χ1) is 9.24. The molecule has 5 heteroatoms. The van der Waals surface area contributed by atoms with Crippen molar-refractivity contribution >= 4 is 11.3 Å². The van der Waals surface area contributed by atoms with Crippen LogP contribution in [0.25, 0.3) is 0 Å². The number of benzene rings is 1. The molecular weight excluding hydrogens is 258 g/mol. The molecule has 98 valence electrons. The normalized spacial score (nSPS) is 10.2. The van der Waals surface area contributed by atoms with E-state index < -0.39 is 0 Å². The van der Waals surface area contributed by atoms with Gasteiger partial charge in [-0.3, -0.25) is 0 Å². The van der Waals surface area contributed by atoms with E-state index in [9.17, 15) is 0 Å². The van der Waals surface area contributed by atoms with Gasteiger partial charge in [0.1, 0.15) is 11.8 Å². The molecule has 0 spiro atoms. The number of aromatic nitrogens is 1. The third kappa shape index (κ3) is 3.31. The van der Waals surface area contributed by atoms with Crippen molar-refractivity contribution in [2.45, 2.75) is 20.0 Å². The lowest BCUT2D eigenvalue weighted by Crippen LogP contribution is -2.12. The van der Waals surface area contributed by atoms with Crippen LogP contribution in [0.5, 0.6) is 5.75 Å². The third-order valence-electron chi connectivity index (χ3n) is 2.84. The van der Waals surface area contributed by atoms with E-state index >= 15 is 0 Å². The highest BCUT2D eigenvalue weighted by atomic mass is 32.1. The summed E-state index contributed by atoms with van der Waals surface area (Å²) in [4.78, 5) is 5.46. The summed E-state index contributed by atoms with van der Waals surface area (Å²) < 4.78 is 5.12. The van der Waals surface area contributed by atoms with Gasteiger partial charge >= 0.3 is 0 Å². The lowest BCUT2D eigenvalue weighted by molar-refractivity contribution is 0.413. The van der Waals surface area contributed by atoms with Gasteiger partial charge in [-0.05, 0) is 24.6 Å². The van der Waals surface area contributed by atoms with Crippen molar-refractivity contribution < 1.29 is 4.74 Å². The standard InChI is InChI=1S/C14H15N3OS/c1-10-14(19-9-17-10)8-16-7-11-3-4-13(18-2)12(5-11)6-15/h3-5,9,16H,7-8H2,1-2H3. The van der Waals surface area contributed by atoms with E-state index in [2.05, 4.69) is 16.4 Å². The predicted octanol–water partition coefficient (Wildman–Crippen LogP) is 2.62. The van der Waals surface area contributed by atoms with Gasteiger partial charge in [-0.1, -0.05) is 6.07 Å². The molecule has 0 unspecified atom stereocenters. The van der Waals surface area contributed by atoms with Crippen LogP contribution in [-0.4, -0.2) is 12.1 Å². The summed E-state index contributed by atoms with van der Waals surface area (Å²) in [5.74, 6) is 0.615. The monoisotopic (exact) mass is 273 g/mol. The molecule has 0 saturated heterocycles. The Hall–Kier alpha value is -1.90. The number of nitriles is 1. The van der Waals surface area contributed by atoms with Crippen LogP contribution < -0.4 is 10.1 Å². The van der Waals surface area contributed by atoms with Gasteiger partial charge in [0.15, 0.2) is 0 Å². The number of methoxy groups -OCH3 is 1. The zero-order valence-electron chi connectivity index (χ0n) is 10.9. The summed E-state index contributed by atoms with van der Waals surface area (Å²) in [7, 11) is 1.57. The summed E-state index contributed by atoms with van der Waals surface area (Å²) in [5, 5.41) is 12.4. The molecule has 19 heavy (non-hydrogen) atoms. The second-order valence-corrected chi connectivity index (χ2v) is 5.05. The first kappa shape index (κ1) is 13.5. The zero-order valence-corrected chi connectivity index (χ0v) is 11.8. The number of nitrogens with one attached hydrogen (secondary N) is 1. The average Bonchev–Trinajstić information content (AvgIpc) is 2.84. The minimum Gasteiger partial charge on any atom is -0.495 e. The van der Waals surface area contributed by atoms with Crippen LogP contribution >= 0.6 is 11.3 Å². The second kappa shape index (κ2) is 6.32. The fraction of sp³-hybridized carbons (Fsp3) is 0.286. The maximum Gasteiger partial charge on any atom is 0.136 e. The predicted molar refractivity (Wildman–Crippen MR) is 75.1 cm³/mol. The van der Waals surface area contributed by atoms with Crippen LogP contribution in [0.2, 0.25) is 0 Å². The lowest BCUT2D eigenvalue weighted by atomic mass is 10.1. The summed E-state index contributed by atoms with van der Waals surface area (Å²) in [5.41, 5.74) is 4.56. The topological polar surface area (TPSA) is 57.9 Å². The van der Waals surface area contributed by atoms with Gasteiger partial charge in [-0.15, -0.1) is 11.3 Å². The second-order valence-electron chi connectivity index (χ2n) is 4.11. The van der Waals surface area contributed by atoms with Crippen molar-refractivity contribution in [3.05, 3.63) is 45.4 Å². The highest BCUT2D eigenvalue weighted by Crippen LogP contribution is 2.19. The minimum atomic E-state index is 0.566. The van der Waals surface area contributed by atoms with E-state index in [0.29, 0.717) is 11.3 Å². The van der Waals surface area contributed by atoms with E-state index in [4.69, 9.17) is 10.00 Å². The van der Waals surface area contributed by atoms with Crippen molar-refractivity contribution in [2.24, 2.45) is 0 Å². The smallest absolute Gasteiger partial charge is 0.136 e. The van der Waals surface area contributed by atoms with E-state index in [1.54, 1.807) is 18.4 Å². The molecule has 0 saturated carbocycles. The fourth-order valence-corrected chi connectivity index (χ4v) is 2.52. The molecule has 2 aromatic rings. The minimum absolute atomic E-state index is 0.566. The Morgan fingerprint density at radius 3 is 2.89 bits per heavy atom. The van der Waals surface area contributed by atoms with Crippen LogP contribution in [-0.2, 0) is 13.1 Å². The Bertz CT molecular complexity index is 601. The van der Waals surface area contributed by atoms with Crippen LogP contribution in [0.4, 0.5) is 0 Å². The molecule has 4 nitrogen and oxygen atoms in total. The zero-order chi connectivity index (χ0) is 13.7. The number of nitrogens with zero attached hydrogens (tertiary/aromatic N) is 2.